The number of imidazole rings is 1. The van der Waals surface area contributed by atoms with Gasteiger partial charge in [-0.05, 0) is 76.6 Å². The maximum Gasteiger partial charge on any atom is 0.337 e. The van der Waals surface area contributed by atoms with Crippen molar-refractivity contribution in [1.29, 1.82) is 0 Å². The van der Waals surface area contributed by atoms with E-state index in [4.69, 9.17) is 9.72 Å². The van der Waals surface area contributed by atoms with Gasteiger partial charge in [-0.1, -0.05) is 0 Å². The first-order chi connectivity index (χ1) is 15.2. The van der Waals surface area contributed by atoms with E-state index in [-0.39, 0.29) is 0 Å². The first-order valence-electron chi connectivity index (χ1n) is 11.0. The van der Waals surface area contributed by atoms with Crippen LogP contribution in [0.3, 0.4) is 0 Å². The number of aryl methyl sites for hydroxylation is 3. The number of aliphatic carboxylic acids is 1. The predicted octanol–water partition coefficient (Wildman–Crippen LogP) is 5.74. The molecule has 0 saturated heterocycles. The van der Waals surface area contributed by atoms with Crippen LogP contribution in [0.1, 0.15) is 61.4 Å². The highest BCUT2D eigenvalue weighted by atomic mass is 32.1. The summed E-state index contributed by atoms with van der Waals surface area (Å²) >= 11 is 1.75. The van der Waals surface area contributed by atoms with E-state index in [0.29, 0.717) is 11.3 Å². The molecule has 0 aromatic carbocycles. The highest BCUT2D eigenvalue weighted by Crippen LogP contribution is 2.45. The van der Waals surface area contributed by atoms with E-state index in [1.54, 1.807) is 17.5 Å². The average molecular weight is 450 g/mol. The third-order valence-corrected chi connectivity index (χ3v) is 7.15. The van der Waals surface area contributed by atoms with Gasteiger partial charge in [0.15, 0.2) is 6.10 Å². The molecule has 0 radical (unpaired) electrons. The van der Waals surface area contributed by atoms with Crippen LogP contribution in [0.5, 0.6) is 0 Å². The van der Waals surface area contributed by atoms with Crippen molar-refractivity contribution in [2.75, 3.05) is 0 Å². The first-order valence-corrected chi connectivity index (χ1v) is 11.8. The van der Waals surface area contributed by atoms with Gasteiger partial charge in [-0.25, -0.2) is 14.8 Å². The fourth-order valence-corrected chi connectivity index (χ4v) is 6.01. The number of aromatic nitrogens is 3. The molecule has 1 aliphatic carbocycles. The molecule has 4 heterocycles. The molecular formula is C25H27N3O3S. The zero-order valence-corrected chi connectivity index (χ0v) is 19.6. The molecule has 1 atom stereocenters. The Morgan fingerprint density at radius 3 is 2.78 bits per heavy atom. The van der Waals surface area contributed by atoms with Crippen molar-refractivity contribution >= 4 is 33.2 Å². The molecule has 0 spiro atoms. The first kappa shape index (κ1) is 21.1. The summed E-state index contributed by atoms with van der Waals surface area (Å²) in [7, 11) is 0. The second-order valence-corrected chi connectivity index (χ2v) is 10.5. The Bertz CT molecular complexity index is 1350. The Kier molecular flexibility index (Phi) is 5.06. The van der Waals surface area contributed by atoms with Gasteiger partial charge in [-0.3, -0.25) is 0 Å². The Labute approximate surface area is 190 Å². The number of nitrogens with zero attached hydrogens (tertiary/aromatic N) is 3. The number of fused-ring (bicyclic) bond motifs is 4. The molecule has 0 fully saturated rings. The highest BCUT2D eigenvalue weighted by Gasteiger charge is 2.34. The zero-order valence-electron chi connectivity index (χ0n) is 18.8. The van der Waals surface area contributed by atoms with E-state index >= 15 is 0 Å². The van der Waals surface area contributed by atoms with Gasteiger partial charge in [0.2, 0.25) is 0 Å². The van der Waals surface area contributed by atoms with Crippen LogP contribution in [0.4, 0.5) is 0 Å². The van der Waals surface area contributed by atoms with Crippen LogP contribution in [0.2, 0.25) is 0 Å². The van der Waals surface area contributed by atoms with Crippen LogP contribution in [0.15, 0.2) is 30.7 Å². The SMILES string of the molecule is Cc1nc2sc3c(c2c(-c2ccc4nccn4c2)c1C(OC(C)(C)C)C(=O)O)CCCC3. The Balaban J connectivity index is 1.87. The van der Waals surface area contributed by atoms with Crippen LogP contribution in [0.25, 0.3) is 27.0 Å². The summed E-state index contributed by atoms with van der Waals surface area (Å²) in [6.45, 7) is 7.55. The van der Waals surface area contributed by atoms with Crippen molar-refractivity contribution in [2.24, 2.45) is 0 Å². The molecular weight excluding hydrogens is 422 g/mol. The van der Waals surface area contributed by atoms with E-state index < -0.39 is 17.7 Å². The second kappa shape index (κ2) is 7.67. The maximum absolute atomic E-state index is 12.5. The second-order valence-electron chi connectivity index (χ2n) is 9.44. The van der Waals surface area contributed by atoms with Crippen molar-refractivity contribution in [1.82, 2.24) is 14.4 Å². The number of thiophene rings is 1. The van der Waals surface area contributed by atoms with E-state index in [1.165, 1.54) is 16.9 Å². The van der Waals surface area contributed by atoms with Crippen molar-refractivity contribution < 1.29 is 14.6 Å². The molecule has 4 aromatic rings. The zero-order chi connectivity index (χ0) is 22.6. The van der Waals surface area contributed by atoms with Gasteiger partial charge in [-0.15, -0.1) is 11.3 Å². The number of hydrogen-bond acceptors (Lipinski definition) is 5. The molecule has 1 unspecified atom stereocenters. The molecule has 0 amide bonds. The summed E-state index contributed by atoms with van der Waals surface area (Å²) in [5, 5.41) is 11.3. The number of carboxylic acid groups (broad SMARTS) is 1. The molecule has 4 aromatic heterocycles. The molecule has 7 heteroatoms. The third kappa shape index (κ3) is 3.59. The quantitative estimate of drug-likeness (QED) is 0.430. The highest BCUT2D eigenvalue weighted by molar-refractivity contribution is 7.19. The topological polar surface area (TPSA) is 76.7 Å². The summed E-state index contributed by atoms with van der Waals surface area (Å²) in [5.74, 6) is -1.00. The Hall–Kier alpha value is -2.77. The molecule has 1 aliphatic rings. The average Bonchev–Trinajstić information content (AvgIpc) is 3.33. The standard InChI is InChI=1S/C25H27N3O3S/c1-14-19(22(24(29)30)31-25(2,3)4)20(15-9-10-18-26-11-12-28(18)13-15)21-16-7-5-6-8-17(16)32-23(21)27-14/h9-13,22H,5-8H2,1-4H3,(H,29,30). The molecule has 166 valence electrons. The number of ether oxygens (including phenoxy) is 1. The summed E-state index contributed by atoms with van der Waals surface area (Å²) in [6.07, 6.45) is 8.98. The fourth-order valence-electron chi connectivity index (χ4n) is 4.69. The molecule has 32 heavy (non-hydrogen) atoms. The lowest BCUT2D eigenvalue weighted by Gasteiger charge is -2.28. The van der Waals surface area contributed by atoms with Crippen molar-refractivity contribution in [3.8, 4) is 11.1 Å². The van der Waals surface area contributed by atoms with Crippen LogP contribution in [-0.4, -0.2) is 31.0 Å². The smallest absolute Gasteiger partial charge is 0.337 e. The van der Waals surface area contributed by atoms with E-state index in [1.807, 2.05) is 56.6 Å². The van der Waals surface area contributed by atoms with Crippen molar-refractivity contribution in [2.45, 2.75) is 65.1 Å². The third-order valence-electron chi connectivity index (χ3n) is 5.97. The van der Waals surface area contributed by atoms with Crippen LogP contribution >= 0.6 is 11.3 Å². The van der Waals surface area contributed by atoms with Gasteiger partial charge < -0.3 is 14.2 Å². The minimum atomic E-state index is -1.11. The van der Waals surface area contributed by atoms with Gasteiger partial charge >= 0.3 is 5.97 Å². The fraction of sp³-hybridized carbons (Fsp3) is 0.400. The van der Waals surface area contributed by atoms with Gasteiger partial charge in [-0.2, -0.15) is 0 Å². The van der Waals surface area contributed by atoms with Crippen LogP contribution in [0, 0.1) is 6.92 Å². The number of carbonyl (C=O) groups is 1. The van der Waals surface area contributed by atoms with E-state index in [2.05, 4.69) is 4.98 Å². The normalized spacial score (nSPS) is 15.2. The summed E-state index contributed by atoms with van der Waals surface area (Å²) in [5.41, 5.74) is 4.79. The molecule has 0 saturated carbocycles. The maximum atomic E-state index is 12.5. The Morgan fingerprint density at radius 1 is 1.25 bits per heavy atom. The molecule has 0 bridgehead atoms. The van der Waals surface area contributed by atoms with Gasteiger partial charge in [0.05, 0.1) is 5.60 Å². The molecule has 1 N–H and O–H groups in total. The van der Waals surface area contributed by atoms with Crippen molar-refractivity contribution in [3.63, 3.8) is 0 Å². The predicted molar refractivity (Wildman–Crippen MR) is 126 cm³/mol. The minimum absolute atomic E-state index is 0.621. The lowest BCUT2D eigenvalue weighted by molar-refractivity contribution is -0.160. The number of hydrogen-bond donors (Lipinski definition) is 1. The lowest BCUT2D eigenvalue weighted by atomic mass is 9.88. The lowest BCUT2D eigenvalue weighted by Crippen LogP contribution is -2.28. The molecule has 0 aliphatic heterocycles. The minimum Gasteiger partial charge on any atom is -0.479 e. The van der Waals surface area contributed by atoms with E-state index in [9.17, 15) is 9.90 Å². The van der Waals surface area contributed by atoms with Crippen LogP contribution < -0.4 is 0 Å². The number of rotatable bonds is 4. The number of carboxylic acids is 1. The van der Waals surface area contributed by atoms with E-state index in [0.717, 1.165) is 46.3 Å². The summed E-state index contributed by atoms with van der Waals surface area (Å²) in [6, 6.07) is 4.00. The van der Waals surface area contributed by atoms with Gasteiger partial charge in [0.25, 0.3) is 0 Å². The molecule has 6 nitrogen and oxygen atoms in total. The van der Waals surface area contributed by atoms with Crippen LogP contribution in [-0.2, 0) is 22.4 Å². The largest absolute Gasteiger partial charge is 0.479 e. The van der Waals surface area contributed by atoms with Gasteiger partial charge in [0.1, 0.15) is 10.5 Å². The Morgan fingerprint density at radius 2 is 2.03 bits per heavy atom. The summed E-state index contributed by atoms with van der Waals surface area (Å²) < 4.78 is 8.09. The number of pyridine rings is 2. The van der Waals surface area contributed by atoms with Crippen molar-refractivity contribution in [3.05, 3.63) is 52.4 Å². The molecule has 5 rings (SSSR count). The summed E-state index contributed by atoms with van der Waals surface area (Å²) in [4.78, 5) is 24.1. The van der Waals surface area contributed by atoms with Gasteiger partial charge in [0, 0.05) is 45.7 Å². The monoisotopic (exact) mass is 449 g/mol.